The van der Waals surface area contributed by atoms with E-state index in [1.165, 1.54) is 6.92 Å². The topological polar surface area (TPSA) is 46.5 Å². The molecule has 0 aromatic heterocycles. The Kier molecular flexibility index (Phi) is 5.23. The number of thioether (sulfide) groups is 1. The van der Waals surface area contributed by atoms with Crippen LogP contribution in [0.3, 0.4) is 0 Å². The van der Waals surface area contributed by atoms with E-state index in [1.807, 2.05) is 44.4 Å². The molecule has 0 radical (unpaired) electrons. The number of carbonyl (C=O) groups is 1. The SMILES string of the molecule is CS[C@H](C)[C@@](O)(COC(C)=O)c1ccc(C)cc1. The first-order valence-electron chi connectivity index (χ1n) is 5.86. The van der Waals surface area contributed by atoms with Crippen LogP contribution in [0.2, 0.25) is 0 Å². The van der Waals surface area contributed by atoms with E-state index < -0.39 is 5.60 Å². The predicted molar refractivity (Wildman–Crippen MR) is 74.7 cm³/mol. The molecule has 1 aromatic carbocycles. The van der Waals surface area contributed by atoms with Gasteiger partial charge in [0.15, 0.2) is 0 Å². The monoisotopic (exact) mass is 268 g/mol. The lowest BCUT2D eigenvalue weighted by atomic mass is 9.91. The first-order valence-corrected chi connectivity index (χ1v) is 7.14. The lowest BCUT2D eigenvalue weighted by Crippen LogP contribution is -2.41. The standard InChI is InChI=1S/C14H20O3S/c1-10-5-7-13(8-6-10)14(16,11(2)18-4)9-17-12(3)15/h5-8,11,16H,9H2,1-4H3/t11-,14+/m1/s1. The van der Waals surface area contributed by atoms with Crippen LogP contribution in [0, 0.1) is 6.92 Å². The summed E-state index contributed by atoms with van der Waals surface area (Å²) >= 11 is 1.54. The van der Waals surface area contributed by atoms with E-state index >= 15 is 0 Å². The van der Waals surface area contributed by atoms with Gasteiger partial charge in [0.2, 0.25) is 0 Å². The van der Waals surface area contributed by atoms with Crippen molar-refractivity contribution >= 4 is 17.7 Å². The summed E-state index contributed by atoms with van der Waals surface area (Å²) in [5.74, 6) is -0.381. The van der Waals surface area contributed by atoms with E-state index in [2.05, 4.69) is 0 Å². The van der Waals surface area contributed by atoms with Gasteiger partial charge in [-0.05, 0) is 18.7 Å². The number of aryl methyl sites for hydroxylation is 1. The number of esters is 1. The van der Waals surface area contributed by atoms with Crippen molar-refractivity contribution in [2.45, 2.75) is 31.6 Å². The first kappa shape index (κ1) is 15.1. The molecule has 0 saturated carbocycles. The van der Waals surface area contributed by atoms with Crippen molar-refractivity contribution in [2.24, 2.45) is 0 Å². The van der Waals surface area contributed by atoms with Gasteiger partial charge in [-0.25, -0.2) is 0 Å². The second-order valence-electron chi connectivity index (χ2n) is 4.45. The zero-order valence-corrected chi connectivity index (χ0v) is 12.1. The number of ether oxygens (including phenoxy) is 1. The third-order valence-electron chi connectivity index (χ3n) is 3.07. The fraction of sp³-hybridized carbons (Fsp3) is 0.500. The molecular weight excluding hydrogens is 248 g/mol. The molecule has 0 amide bonds. The highest BCUT2D eigenvalue weighted by atomic mass is 32.2. The molecule has 0 heterocycles. The van der Waals surface area contributed by atoms with Gasteiger partial charge < -0.3 is 9.84 Å². The molecule has 1 aromatic rings. The van der Waals surface area contributed by atoms with Crippen molar-refractivity contribution in [2.75, 3.05) is 12.9 Å². The van der Waals surface area contributed by atoms with Crippen molar-refractivity contribution < 1.29 is 14.6 Å². The van der Waals surface area contributed by atoms with Crippen molar-refractivity contribution in [3.63, 3.8) is 0 Å². The van der Waals surface area contributed by atoms with E-state index in [-0.39, 0.29) is 17.8 Å². The number of carbonyl (C=O) groups excluding carboxylic acids is 1. The quantitative estimate of drug-likeness (QED) is 0.833. The molecule has 0 spiro atoms. The summed E-state index contributed by atoms with van der Waals surface area (Å²) in [6.45, 7) is 5.24. The molecule has 0 unspecified atom stereocenters. The van der Waals surface area contributed by atoms with Gasteiger partial charge in [0.1, 0.15) is 12.2 Å². The minimum atomic E-state index is -1.15. The lowest BCUT2D eigenvalue weighted by molar-refractivity contribution is -0.149. The average Bonchev–Trinajstić information content (AvgIpc) is 2.35. The van der Waals surface area contributed by atoms with Crippen LogP contribution in [-0.2, 0) is 15.1 Å². The summed E-state index contributed by atoms with van der Waals surface area (Å²) < 4.78 is 5.01. The Labute approximate surface area is 113 Å². The number of aliphatic hydroxyl groups is 1. The largest absolute Gasteiger partial charge is 0.462 e. The molecule has 0 aliphatic rings. The number of rotatable bonds is 5. The molecular formula is C14H20O3S. The Hall–Kier alpha value is -1.00. The van der Waals surface area contributed by atoms with E-state index in [0.29, 0.717) is 0 Å². The number of benzene rings is 1. The molecule has 2 atom stereocenters. The summed E-state index contributed by atoms with van der Waals surface area (Å²) in [6, 6.07) is 7.65. The van der Waals surface area contributed by atoms with Gasteiger partial charge in [0.25, 0.3) is 0 Å². The molecule has 18 heavy (non-hydrogen) atoms. The van der Waals surface area contributed by atoms with Crippen LogP contribution >= 0.6 is 11.8 Å². The van der Waals surface area contributed by atoms with Crippen molar-refractivity contribution in [1.82, 2.24) is 0 Å². The molecule has 3 nitrogen and oxygen atoms in total. The molecule has 1 rings (SSSR count). The van der Waals surface area contributed by atoms with Crippen LogP contribution in [0.1, 0.15) is 25.0 Å². The van der Waals surface area contributed by atoms with Crippen LogP contribution in [0.25, 0.3) is 0 Å². The molecule has 0 bridgehead atoms. The summed E-state index contributed by atoms with van der Waals surface area (Å²) in [6.07, 6.45) is 1.93. The Bertz CT molecular complexity index is 402. The minimum Gasteiger partial charge on any atom is -0.462 e. The van der Waals surface area contributed by atoms with Gasteiger partial charge in [0, 0.05) is 12.2 Å². The lowest BCUT2D eigenvalue weighted by Gasteiger charge is -2.33. The Morgan fingerprint density at radius 3 is 2.44 bits per heavy atom. The number of hydrogen-bond acceptors (Lipinski definition) is 4. The summed E-state index contributed by atoms with van der Waals surface area (Å²) in [5, 5.41) is 10.7. The normalized spacial score (nSPS) is 15.8. The highest BCUT2D eigenvalue weighted by Crippen LogP contribution is 2.32. The van der Waals surface area contributed by atoms with Gasteiger partial charge in [-0.1, -0.05) is 36.8 Å². The summed E-state index contributed by atoms with van der Waals surface area (Å²) in [4.78, 5) is 10.9. The zero-order valence-electron chi connectivity index (χ0n) is 11.3. The predicted octanol–water partition coefficient (Wildman–Crippen LogP) is 2.50. The van der Waals surface area contributed by atoms with Gasteiger partial charge in [-0.2, -0.15) is 11.8 Å². The van der Waals surface area contributed by atoms with Crippen LogP contribution in [-0.4, -0.2) is 29.2 Å². The van der Waals surface area contributed by atoms with Crippen molar-refractivity contribution in [3.05, 3.63) is 35.4 Å². The van der Waals surface area contributed by atoms with Crippen LogP contribution < -0.4 is 0 Å². The van der Waals surface area contributed by atoms with Crippen LogP contribution in [0.15, 0.2) is 24.3 Å². The zero-order chi connectivity index (χ0) is 13.8. The highest BCUT2D eigenvalue weighted by molar-refractivity contribution is 7.99. The third-order valence-corrected chi connectivity index (χ3v) is 4.17. The number of hydrogen-bond donors (Lipinski definition) is 1. The minimum absolute atomic E-state index is 0.0204. The van der Waals surface area contributed by atoms with Gasteiger partial charge in [-0.15, -0.1) is 0 Å². The van der Waals surface area contributed by atoms with Crippen LogP contribution in [0.5, 0.6) is 0 Å². The fourth-order valence-corrected chi connectivity index (χ4v) is 2.28. The molecule has 1 N–H and O–H groups in total. The molecule has 0 fully saturated rings. The van der Waals surface area contributed by atoms with Crippen molar-refractivity contribution in [3.8, 4) is 0 Å². The Balaban J connectivity index is 3.03. The van der Waals surface area contributed by atoms with Gasteiger partial charge in [-0.3, -0.25) is 4.79 Å². The maximum absolute atomic E-state index is 10.9. The van der Waals surface area contributed by atoms with E-state index in [9.17, 15) is 9.90 Å². The van der Waals surface area contributed by atoms with Gasteiger partial charge >= 0.3 is 5.97 Å². The smallest absolute Gasteiger partial charge is 0.302 e. The fourth-order valence-electron chi connectivity index (χ4n) is 1.68. The summed E-state index contributed by atoms with van der Waals surface area (Å²) in [7, 11) is 0. The van der Waals surface area contributed by atoms with E-state index in [0.717, 1.165) is 11.1 Å². The van der Waals surface area contributed by atoms with Crippen molar-refractivity contribution in [1.29, 1.82) is 0 Å². The second kappa shape index (κ2) is 6.25. The molecule has 0 aliphatic carbocycles. The van der Waals surface area contributed by atoms with Gasteiger partial charge in [0.05, 0.1) is 0 Å². The second-order valence-corrected chi connectivity index (χ2v) is 5.63. The molecule has 0 saturated heterocycles. The maximum atomic E-state index is 10.9. The third kappa shape index (κ3) is 3.50. The highest BCUT2D eigenvalue weighted by Gasteiger charge is 2.36. The molecule has 4 heteroatoms. The summed E-state index contributed by atoms with van der Waals surface area (Å²) in [5.41, 5.74) is 0.750. The Morgan fingerprint density at radius 1 is 1.44 bits per heavy atom. The molecule has 100 valence electrons. The average molecular weight is 268 g/mol. The maximum Gasteiger partial charge on any atom is 0.302 e. The Morgan fingerprint density at radius 2 is 2.00 bits per heavy atom. The van der Waals surface area contributed by atoms with E-state index in [4.69, 9.17) is 4.74 Å². The van der Waals surface area contributed by atoms with Crippen LogP contribution in [0.4, 0.5) is 0 Å². The van der Waals surface area contributed by atoms with E-state index in [1.54, 1.807) is 11.8 Å². The first-order chi connectivity index (χ1) is 8.40. The molecule has 0 aliphatic heterocycles.